The van der Waals surface area contributed by atoms with E-state index in [4.69, 9.17) is 0 Å². The lowest BCUT2D eigenvalue weighted by atomic mass is 9.85. The number of hydrogen-bond donors (Lipinski definition) is 2. The van der Waals surface area contributed by atoms with Crippen LogP contribution in [0, 0.1) is 16.7 Å². The SMILES string of the molecule is CCCN1CCC(C#N)(NC(=O)C(CC(C)(C)C)NC(=O)c2cnccn2)CC1. The van der Waals surface area contributed by atoms with Crippen LogP contribution >= 0.6 is 0 Å². The first-order valence-corrected chi connectivity index (χ1v) is 10.2. The summed E-state index contributed by atoms with van der Waals surface area (Å²) >= 11 is 0. The van der Waals surface area contributed by atoms with Gasteiger partial charge in [0.05, 0.1) is 12.3 Å². The average Bonchev–Trinajstić information content (AvgIpc) is 2.69. The van der Waals surface area contributed by atoms with E-state index in [1.165, 1.54) is 18.6 Å². The van der Waals surface area contributed by atoms with Crippen LogP contribution in [0.5, 0.6) is 0 Å². The molecular weight excluding hydrogens is 368 g/mol. The molecule has 0 aliphatic carbocycles. The molecule has 0 spiro atoms. The minimum Gasteiger partial charge on any atom is -0.339 e. The van der Waals surface area contributed by atoms with Crippen molar-refractivity contribution in [1.82, 2.24) is 25.5 Å². The van der Waals surface area contributed by atoms with Crippen molar-refractivity contribution >= 4 is 11.8 Å². The molecule has 1 aliphatic heterocycles. The molecule has 0 bridgehead atoms. The summed E-state index contributed by atoms with van der Waals surface area (Å²) in [5, 5.41) is 15.5. The Balaban J connectivity index is 2.10. The number of hydrogen-bond acceptors (Lipinski definition) is 6. The van der Waals surface area contributed by atoms with E-state index in [9.17, 15) is 14.9 Å². The van der Waals surface area contributed by atoms with E-state index in [1.54, 1.807) is 0 Å². The molecule has 2 heterocycles. The summed E-state index contributed by atoms with van der Waals surface area (Å²) in [5.74, 6) is -0.783. The Morgan fingerprint density at radius 3 is 2.52 bits per heavy atom. The third-order valence-corrected chi connectivity index (χ3v) is 5.06. The lowest BCUT2D eigenvalue weighted by molar-refractivity contribution is -0.125. The summed E-state index contributed by atoms with van der Waals surface area (Å²) in [5.41, 5.74) is -0.932. The molecule has 158 valence electrons. The van der Waals surface area contributed by atoms with Crippen LogP contribution in [0.1, 0.15) is 63.9 Å². The van der Waals surface area contributed by atoms with E-state index >= 15 is 0 Å². The lowest BCUT2D eigenvalue weighted by Gasteiger charge is -2.38. The lowest BCUT2D eigenvalue weighted by Crippen LogP contribution is -2.59. The molecule has 0 aromatic carbocycles. The van der Waals surface area contributed by atoms with Gasteiger partial charge in [-0.3, -0.25) is 14.6 Å². The van der Waals surface area contributed by atoms with Gasteiger partial charge in [0.2, 0.25) is 5.91 Å². The number of carbonyl (C=O) groups excluding carboxylic acids is 2. The molecule has 1 aromatic heterocycles. The van der Waals surface area contributed by atoms with Crippen molar-refractivity contribution in [3.8, 4) is 6.07 Å². The highest BCUT2D eigenvalue weighted by molar-refractivity contribution is 5.96. The third kappa shape index (κ3) is 6.79. The number of likely N-dealkylation sites (tertiary alicyclic amines) is 1. The number of nitrogens with zero attached hydrogens (tertiary/aromatic N) is 4. The predicted octanol–water partition coefficient (Wildman–Crippen LogP) is 1.90. The molecule has 8 heteroatoms. The summed E-state index contributed by atoms with van der Waals surface area (Å²) in [6, 6.07) is 1.56. The standard InChI is InChI=1S/C21H32N6O2/c1-5-10-27-11-6-21(15-22,7-12-27)26-19(29)16(13-20(2,3)4)25-18(28)17-14-23-8-9-24-17/h8-9,14,16H,5-7,10-13H2,1-4H3,(H,25,28)(H,26,29). The molecule has 8 nitrogen and oxygen atoms in total. The van der Waals surface area contributed by atoms with Crippen molar-refractivity contribution < 1.29 is 9.59 Å². The zero-order valence-electron chi connectivity index (χ0n) is 17.9. The van der Waals surface area contributed by atoms with Gasteiger partial charge in [-0.15, -0.1) is 0 Å². The molecule has 2 rings (SSSR count). The fourth-order valence-electron chi connectivity index (χ4n) is 3.53. The summed E-state index contributed by atoms with van der Waals surface area (Å²) in [7, 11) is 0. The van der Waals surface area contributed by atoms with E-state index in [0.717, 1.165) is 26.1 Å². The summed E-state index contributed by atoms with van der Waals surface area (Å²) < 4.78 is 0. The molecule has 1 atom stereocenters. The van der Waals surface area contributed by atoms with Gasteiger partial charge in [-0.05, 0) is 37.6 Å². The quantitative estimate of drug-likeness (QED) is 0.723. The van der Waals surface area contributed by atoms with Gasteiger partial charge in [0.15, 0.2) is 0 Å². The molecule has 0 radical (unpaired) electrons. The predicted molar refractivity (Wildman–Crippen MR) is 110 cm³/mol. The molecule has 1 unspecified atom stereocenters. The Morgan fingerprint density at radius 2 is 2.00 bits per heavy atom. The maximum absolute atomic E-state index is 13.1. The van der Waals surface area contributed by atoms with Crippen LogP contribution in [0.3, 0.4) is 0 Å². The number of aromatic nitrogens is 2. The van der Waals surface area contributed by atoms with Gasteiger partial charge in [-0.2, -0.15) is 5.26 Å². The van der Waals surface area contributed by atoms with Gasteiger partial charge in [-0.25, -0.2) is 4.98 Å². The highest BCUT2D eigenvalue weighted by Gasteiger charge is 2.38. The first-order valence-electron chi connectivity index (χ1n) is 10.2. The van der Waals surface area contributed by atoms with Gasteiger partial charge in [0.25, 0.3) is 5.91 Å². The normalized spacial score (nSPS) is 17.8. The Bertz CT molecular complexity index is 730. The summed E-state index contributed by atoms with van der Waals surface area (Å²) in [6.07, 6.45) is 6.94. The molecule has 29 heavy (non-hydrogen) atoms. The zero-order chi connectivity index (χ0) is 21.5. The average molecular weight is 401 g/mol. The maximum Gasteiger partial charge on any atom is 0.272 e. The van der Waals surface area contributed by atoms with E-state index in [-0.39, 0.29) is 17.0 Å². The highest BCUT2D eigenvalue weighted by Crippen LogP contribution is 2.24. The van der Waals surface area contributed by atoms with Crippen LogP contribution < -0.4 is 10.6 Å². The second kappa shape index (κ2) is 9.79. The van der Waals surface area contributed by atoms with Gasteiger partial charge >= 0.3 is 0 Å². The van der Waals surface area contributed by atoms with Crippen molar-refractivity contribution in [3.63, 3.8) is 0 Å². The summed E-state index contributed by atoms with van der Waals surface area (Å²) in [6.45, 7) is 10.7. The van der Waals surface area contributed by atoms with Crippen molar-refractivity contribution in [2.45, 2.75) is 65.0 Å². The van der Waals surface area contributed by atoms with Crippen LogP contribution in [0.25, 0.3) is 0 Å². The molecule has 2 N–H and O–H groups in total. The molecule has 1 fully saturated rings. The topological polar surface area (TPSA) is 111 Å². The maximum atomic E-state index is 13.1. The fourth-order valence-corrected chi connectivity index (χ4v) is 3.53. The zero-order valence-corrected chi connectivity index (χ0v) is 17.9. The Hall–Kier alpha value is -2.53. The molecule has 1 aromatic rings. The van der Waals surface area contributed by atoms with Crippen molar-refractivity contribution in [1.29, 1.82) is 5.26 Å². The van der Waals surface area contributed by atoms with E-state index in [2.05, 4.69) is 38.5 Å². The van der Waals surface area contributed by atoms with Crippen molar-refractivity contribution in [2.24, 2.45) is 5.41 Å². The van der Waals surface area contributed by atoms with Crippen molar-refractivity contribution in [2.75, 3.05) is 19.6 Å². The second-order valence-corrected chi connectivity index (χ2v) is 8.91. The highest BCUT2D eigenvalue weighted by atomic mass is 16.2. The van der Waals surface area contributed by atoms with Crippen LogP contribution in [-0.2, 0) is 4.79 Å². The van der Waals surface area contributed by atoms with Gasteiger partial charge in [-0.1, -0.05) is 27.7 Å². The minimum absolute atomic E-state index is 0.155. The Labute approximate surface area is 173 Å². The van der Waals surface area contributed by atoms with Crippen LogP contribution in [0.2, 0.25) is 0 Å². The first kappa shape index (κ1) is 22.8. The van der Waals surface area contributed by atoms with E-state index in [1.807, 2.05) is 20.8 Å². The number of amides is 2. The monoisotopic (exact) mass is 400 g/mol. The van der Waals surface area contributed by atoms with Crippen LogP contribution in [-0.4, -0.2) is 57.9 Å². The number of piperidine rings is 1. The largest absolute Gasteiger partial charge is 0.339 e. The molecule has 0 saturated carbocycles. The molecule has 1 aliphatic rings. The van der Waals surface area contributed by atoms with Gasteiger partial charge in [0.1, 0.15) is 17.3 Å². The Kier molecular flexibility index (Phi) is 7.68. The van der Waals surface area contributed by atoms with E-state index in [0.29, 0.717) is 19.3 Å². The Morgan fingerprint density at radius 1 is 1.31 bits per heavy atom. The smallest absolute Gasteiger partial charge is 0.272 e. The number of carbonyl (C=O) groups is 2. The van der Waals surface area contributed by atoms with E-state index < -0.39 is 17.5 Å². The van der Waals surface area contributed by atoms with Crippen LogP contribution in [0.4, 0.5) is 0 Å². The van der Waals surface area contributed by atoms with Gasteiger partial charge in [0, 0.05) is 25.5 Å². The number of nitriles is 1. The molecular formula is C21H32N6O2. The summed E-state index contributed by atoms with van der Waals surface area (Å²) in [4.78, 5) is 35.8. The fraction of sp³-hybridized carbons (Fsp3) is 0.667. The number of nitrogens with one attached hydrogen (secondary N) is 2. The molecule has 1 saturated heterocycles. The van der Waals surface area contributed by atoms with Gasteiger partial charge < -0.3 is 15.5 Å². The molecule has 2 amide bonds. The minimum atomic E-state index is -0.894. The van der Waals surface area contributed by atoms with Crippen molar-refractivity contribution in [3.05, 3.63) is 24.3 Å². The number of rotatable bonds is 7. The second-order valence-electron chi connectivity index (χ2n) is 8.91. The van der Waals surface area contributed by atoms with Crippen LogP contribution in [0.15, 0.2) is 18.6 Å². The third-order valence-electron chi connectivity index (χ3n) is 5.06. The first-order chi connectivity index (χ1) is 13.7.